The molecule has 0 spiro atoms. The van der Waals surface area contributed by atoms with Gasteiger partial charge in [0, 0.05) is 13.1 Å². The zero-order valence-electron chi connectivity index (χ0n) is 11.8. The Balaban J connectivity index is 2.02. The van der Waals surface area contributed by atoms with Crippen LogP contribution in [0.15, 0.2) is 24.3 Å². The van der Waals surface area contributed by atoms with Gasteiger partial charge in [-0.3, -0.25) is 4.79 Å². The average Bonchev–Trinajstić information content (AvgIpc) is 2.38. The van der Waals surface area contributed by atoms with Crippen LogP contribution in [0.4, 0.5) is 0 Å². The lowest BCUT2D eigenvalue weighted by Gasteiger charge is -2.27. The van der Waals surface area contributed by atoms with Crippen molar-refractivity contribution in [3.63, 3.8) is 0 Å². The number of likely N-dealkylation sites (tertiary alicyclic amines) is 1. The summed E-state index contributed by atoms with van der Waals surface area (Å²) in [6.07, 6.45) is 5.96. The van der Waals surface area contributed by atoms with Gasteiger partial charge in [0.1, 0.15) is 6.04 Å². The molecule has 1 aliphatic rings. The Labute approximate surface area is 115 Å². The summed E-state index contributed by atoms with van der Waals surface area (Å²) in [5.41, 5.74) is 8.22. The molecule has 1 aromatic carbocycles. The molecule has 1 fully saturated rings. The monoisotopic (exact) mass is 260 g/mol. The van der Waals surface area contributed by atoms with E-state index in [0.717, 1.165) is 31.5 Å². The minimum Gasteiger partial charge on any atom is -0.341 e. The molecule has 3 heteroatoms. The predicted molar refractivity (Wildman–Crippen MR) is 77.8 cm³/mol. The lowest BCUT2D eigenvalue weighted by atomic mass is 10.0. The van der Waals surface area contributed by atoms with E-state index < -0.39 is 6.04 Å². The van der Waals surface area contributed by atoms with Crippen molar-refractivity contribution in [2.24, 2.45) is 5.73 Å². The summed E-state index contributed by atoms with van der Waals surface area (Å²) in [4.78, 5) is 14.4. The highest BCUT2D eigenvalue weighted by atomic mass is 16.2. The quantitative estimate of drug-likeness (QED) is 0.888. The van der Waals surface area contributed by atoms with Crippen LogP contribution in [0.1, 0.15) is 49.3 Å². The van der Waals surface area contributed by atoms with Gasteiger partial charge in [-0.05, 0) is 25.3 Å². The number of carbonyl (C=O) groups is 1. The fourth-order valence-electron chi connectivity index (χ4n) is 2.58. The molecule has 2 rings (SSSR count). The second kappa shape index (κ2) is 6.71. The van der Waals surface area contributed by atoms with Crippen LogP contribution < -0.4 is 5.73 Å². The van der Waals surface area contributed by atoms with Gasteiger partial charge >= 0.3 is 0 Å². The average molecular weight is 260 g/mol. The Bertz CT molecular complexity index is 405. The van der Waals surface area contributed by atoms with Gasteiger partial charge in [-0.2, -0.15) is 0 Å². The van der Waals surface area contributed by atoms with E-state index in [1.165, 1.54) is 24.8 Å². The molecule has 0 saturated carbocycles. The minimum absolute atomic E-state index is 0.0748. The first-order chi connectivity index (χ1) is 9.18. The third-order valence-electron chi connectivity index (χ3n) is 3.87. The van der Waals surface area contributed by atoms with Crippen LogP contribution >= 0.6 is 0 Å². The Morgan fingerprint density at radius 2 is 1.58 bits per heavy atom. The zero-order valence-corrected chi connectivity index (χ0v) is 11.8. The SMILES string of the molecule is Cc1ccc(C(N)C(=O)N2CCCCCCC2)cc1. The van der Waals surface area contributed by atoms with Crippen LogP contribution in [0.3, 0.4) is 0 Å². The van der Waals surface area contributed by atoms with Crippen molar-refractivity contribution in [2.75, 3.05) is 13.1 Å². The predicted octanol–water partition coefficient (Wildman–Crippen LogP) is 2.79. The molecule has 104 valence electrons. The molecule has 0 aliphatic carbocycles. The van der Waals surface area contributed by atoms with Crippen LogP contribution in [0.2, 0.25) is 0 Å². The highest BCUT2D eigenvalue weighted by Crippen LogP contribution is 2.17. The third kappa shape index (κ3) is 3.80. The molecular formula is C16H24N2O. The number of nitrogens with zero attached hydrogens (tertiary/aromatic N) is 1. The van der Waals surface area contributed by atoms with Crippen molar-refractivity contribution in [1.29, 1.82) is 0 Å². The molecule has 3 nitrogen and oxygen atoms in total. The van der Waals surface area contributed by atoms with Crippen molar-refractivity contribution in [3.05, 3.63) is 35.4 Å². The molecule has 1 aromatic rings. The van der Waals surface area contributed by atoms with Gasteiger partial charge in [0.05, 0.1) is 0 Å². The first-order valence-corrected chi connectivity index (χ1v) is 7.29. The Morgan fingerprint density at radius 1 is 1.05 bits per heavy atom. The van der Waals surface area contributed by atoms with E-state index in [1.54, 1.807) is 0 Å². The fourth-order valence-corrected chi connectivity index (χ4v) is 2.58. The number of nitrogens with two attached hydrogens (primary N) is 1. The number of hydrogen-bond acceptors (Lipinski definition) is 2. The standard InChI is InChI=1S/C16H24N2O/c1-13-7-9-14(10-8-13)15(17)16(19)18-11-5-3-2-4-6-12-18/h7-10,15H,2-6,11-12,17H2,1H3. The summed E-state index contributed by atoms with van der Waals surface area (Å²) in [7, 11) is 0. The van der Waals surface area contributed by atoms with Crippen molar-refractivity contribution >= 4 is 5.91 Å². The molecule has 0 radical (unpaired) electrons. The van der Waals surface area contributed by atoms with E-state index in [-0.39, 0.29) is 5.91 Å². The first-order valence-electron chi connectivity index (χ1n) is 7.29. The maximum absolute atomic E-state index is 12.4. The van der Waals surface area contributed by atoms with Gasteiger partial charge in [-0.15, -0.1) is 0 Å². The van der Waals surface area contributed by atoms with Crippen LogP contribution in [0.25, 0.3) is 0 Å². The first kappa shape index (κ1) is 14.1. The summed E-state index contributed by atoms with van der Waals surface area (Å²) < 4.78 is 0. The molecule has 2 N–H and O–H groups in total. The third-order valence-corrected chi connectivity index (χ3v) is 3.87. The van der Waals surface area contributed by atoms with E-state index >= 15 is 0 Å². The topological polar surface area (TPSA) is 46.3 Å². The summed E-state index contributed by atoms with van der Waals surface area (Å²) in [5.74, 6) is 0.0748. The van der Waals surface area contributed by atoms with Gasteiger partial charge < -0.3 is 10.6 Å². The highest BCUT2D eigenvalue weighted by molar-refractivity contribution is 5.83. The minimum atomic E-state index is -0.514. The molecule has 0 aromatic heterocycles. The fraction of sp³-hybridized carbons (Fsp3) is 0.562. The van der Waals surface area contributed by atoms with E-state index in [9.17, 15) is 4.79 Å². The largest absolute Gasteiger partial charge is 0.341 e. The number of carbonyl (C=O) groups excluding carboxylic acids is 1. The van der Waals surface area contributed by atoms with Gasteiger partial charge in [0.2, 0.25) is 5.91 Å². The van der Waals surface area contributed by atoms with Crippen LogP contribution in [-0.4, -0.2) is 23.9 Å². The Morgan fingerprint density at radius 3 is 2.16 bits per heavy atom. The van der Waals surface area contributed by atoms with Crippen molar-refractivity contribution in [1.82, 2.24) is 4.90 Å². The summed E-state index contributed by atoms with van der Waals surface area (Å²) in [5, 5.41) is 0. The van der Waals surface area contributed by atoms with Crippen LogP contribution in [-0.2, 0) is 4.79 Å². The van der Waals surface area contributed by atoms with Crippen LogP contribution in [0, 0.1) is 6.92 Å². The summed E-state index contributed by atoms with van der Waals surface area (Å²) >= 11 is 0. The summed E-state index contributed by atoms with van der Waals surface area (Å²) in [6.45, 7) is 3.76. The van der Waals surface area contributed by atoms with Crippen molar-refractivity contribution in [2.45, 2.75) is 45.1 Å². The molecule has 1 amide bonds. The number of benzene rings is 1. The Hall–Kier alpha value is -1.35. The van der Waals surface area contributed by atoms with Crippen molar-refractivity contribution in [3.8, 4) is 0 Å². The van der Waals surface area contributed by atoms with E-state index in [1.807, 2.05) is 36.1 Å². The number of rotatable bonds is 2. The lowest BCUT2D eigenvalue weighted by Crippen LogP contribution is -2.40. The maximum atomic E-state index is 12.4. The van der Waals surface area contributed by atoms with E-state index in [2.05, 4.69) is 0 Å². The molecule has 1 aliphatic heterocycles. The normalized spacial score (nSPS) is 18.5. The van der Waals surface area contributed by atoms with E-state index in [0.29, 0.717) is 0 Å². The molecule has 0 bridgehead atoms. The molecule has 1 atom stereocenters. The second-order valence-electron chi connectivity index (χ2n) is 5.48. The highest BCUT2D eigenvalue weighted by Gasteiger charge is 2.22. The van der Waals surface area contributed by atoms with Gasteiger partial charge in [0.15, 0.2) is 0 Å². The number of amides is 1. The molecule has 19 heavy (non-hydrogen) atoms. The number of hydrogen-bond donors (Lipinski definition) is 1. The van der Waals surface area contributed by atoms with Gasteiger partial charge in [0.25, 0.3) is 0 Å². The smallest absolute Gasteiger partial charge is 0.244 e. The van der Waals surface area contributed by atoms with Gasteiger partial charge in [-0.25, -0.2) is 0 Å². The molecule has 1 saturated heterocycles. The molecular weight excluding hydrogens is 236 g/mol. The molecule has 1 heterocycles. The van der Waals surface area contributed by atoms with Crippen LogP contribution in [0.5, 0.6) is 0 Å². The van der Waals surface area contributed by atoms with E-state index in [4.69, 9.17) is 5.73 Å². The number of aryl methyl sites for hydroxylation is 1. The zero-order chi connectivity index (χ0) is 13.7. The molecule has 1 unspecified atom stereocenters. The van der Waals surface area contributed by atoms with Gasteiger partial charge in [-0.1, -0.05) is 49.1 Å². The Kier molecular flexibility index (Phi) is 4.97. The maximum Gasteiger partial charge on any atom is 0.244 e. The second-order valence-corrected chi connectivity index (χ2v) is 5.48. The lowest BCUT2D eigenvalue weighted by molar-refractivity contribution is -0.133. The van der Waals surface area contributed by atoms with Crippen molar-refractivity contribution < 1.29 is 4.79 Å². The summed E-state index contributed by atoms with van der Waals surface area (Å²) in [6, 6.07) is 7.43.